The third kappa shape index (κ3) is 10.8. The summed E-state index contributed by atoms with van der Waals surface area (Å²) in [6, 6.07) is 30.4. The molecule has 0 spiro atoms. The Morgan fingerprint density at radius 2 is 1.43 bits per heavy atom. The molecule has 2 unspecified atom stereocenters. The Hall–Kier alpha value is -4.53. The molecule has 4 aromatic rings. The minimum Gasteiger partial charge on any atom is -0.354 e. The molecule has 1 aromatic heterocycles. The number of benzene rings is 3. The van der Waals surface area contributed by atoms with Gasteiger partial charge in [0.05, 0.1) is 0 Å². The van der Waals surface area contributed by atoms with E-state index in [-0.39, 0.29) is 24.1 Å². The molecular formula is C39H46N4O3S. The number of rotatable bonds is 15. The average Bonchev–Trinajstić information content (AvgIpc) is 3.59. The van der Waals surface area contributed by atoms with Crippen LogP contribution in [0.2, 0.25) is 0 Å². The quantitative estimate of drug-likeness (QED) is 0.157. The molecule has 4 rings (SSSR count). The number of amides is 3. The summed E-state index contributed by atoms with van der Waals surface area (Å²) >= 11 is 1.55. The summed E-state index contributed by atoms with van der Waals surface area (Å²) in [5, 5.41) is 5.02. The summed E-state index contributed by atoms with van der Waals surface area (Å²) in [6.45, 7) is 4.23. The number of carbonyl (C=O) groups excluding carboxylic acids is 3. The second-order valence-electron chi connectivity index (χ2n) is 12.6. The van der Waals surface area contributed by atoms with E-state index in [2.05, 4.69) is 17.4 Å². The number of likely N-dealkylation sites (N-methyl/N-ethyl adjacent to an activating group) is 2. The number of carbonyl (C=O) groups is 3. The molecular weight excluding hydrogens is 605 g/mol. The summed E-state index contributed by atoms with van der Waals surface area (Å²) < 4.78 is 0. The fraction of sp³-hybridized carbons (Fsp3) is 0.308. The van der Waals surface area contributed by atoms with Gasteiger partial charge in [-0.2, -0.15) is 0 Å². The summed E-state index contributed by atoms with van der Waals surface area (Å²) in [5.74, 6) is -0.834. The molecule has 3 aromatic carbocycles. The van der Waals surface area contributed by atoms with E-state index in [0.29, 0.717) is 25.8 Å². The Labute approximate surface area is 283 Å². The molecule has 7 nitrogen and oxygen atoms in total. The number of nitrogens with two attached hydrogens (primary N) is 1. The monoisotopic (exact) mass is 650 g/mol. The molecule has 0 bridgehead atoms. The summed E-state index contributed by atoms with van der Waals surface area (Å²) in [4.78, 5) is 45.5. The Balaban J connectivity index is 1.57. The van der Waals surface area contributed by atoms with Crippen molar-refractivity contribution < 1.29 is 14.4 Å². The highest BCUT2D eigenvalue weighted by molar-refractivity contribution is 7.09. The van der Waals surface area contributed by atoms with Crippen LogP contribution in [0.1, 0.15) is 36.3 Å². The van der Waals surface area contributed by atoms with Crippen molar-refractivity contribution in [1.29, 1.82) is 0 Å². The first kappa shape index (κ1) is 35.3. The predicted molar refractivity (Wildman–Crippen MR) is 192 cm³/mol. The molecule has 2 atom stereocenters. The van der Waals surface area contributed by atoms with Crippen molar-refractivity contribution in [2.75, 3.05) is 20.6 Å². The molecule has 0 saturated heterocycles. The lowest BCUT2D eigenvalue weighted by Crippen LogP contribution is -2.56. The Morgan fingerprint density at radius 3 is 2.04 bits per heavy atom. The first-order valence-electron chi connectivity index (χ1n) is 16.0. The summed E-state index contributed by atoms with van der Waals surface area (Å²) in [5.41, 5.74) is 9.84. The Kier molecular flexibility index (Phi) is 12.7. The lowest BCUT2D eigenvalue weighted by Gasteiger charge is -2.34. The average molecular weight is 651 g/mol. The van der Waals surface area contributed by atoms with Crippen molar-refractivity contribution >= 4 is 29.1 Å². The number of nitrogens with one attached hydrogen (secondary N) is 1. The summed E-state index contributed by atoms with van der Waals surface area (Å²) in [6.07, 6.45) is 5.08. The largest absolute Gasteiger partial charge is 0.354 e. The zero-order chi connectivity index (χ0) is 33.8. The van der Waals surface area contributed by atoms with Crippen molar-refractivity contribution in [2.24, 2.45) is 5.73 Å². The van der Waals surface area contributed by atoms with Crippen molar-refractivity contribution in [1.82, 2.24) is 15.1 Å². The van der Waals surface area contributed by atoms with Crippen molar-refractivity contribution in [2.45, 2.75) is 57.2 Å². The molecule has 0 fully saturated rings. The van der Waals surface area contributed by atoms with Gasteiger partial charge in [-0.05, 0) is 66.5 Å². The third-order valence-electron chi connectivity index (χ3n) is 8.14. The van der Waals surface area contributed by atoms with Crippen LogP contribution in [0.25, 0.3) is 11.1 Å². The normalized spacial score (nSPS) is 12.8. The van der Waals surface area contributed by atoms with E-state index in [0.717, 1.165) is 27.1 Å². The first-order valence-corrected chi connectivity index (χ1v) is 16.9. The Morgan fingerprint density at radius 1 is 0.787 bits per heavy atom. The topological polar surface area (TPSA) is 95.7 Å². The van der Waals surface area contributed by atoms with E-state index in [1.807, 2.05) is 104 Å². The van der Waals surface area contributed by atoms with Crippen LogP contribution in [0, 0.1) is 0 Å². The van der Waals surface area contributed by atoms with E-state index < -0.39 is 17.6 Å². The molecule has 0 aliphatic heterocycles. The van der Waals surface area contributed by atoms with Gasteiger partial charge in [0, 0.05) is 43.9 Å². The van der Waals surface area contributed by atoms with Crippen LogP contribution in [-0.4, -0.2) is 65.8 Å². The van der Waals surface area contributed by atoms with E-state index in [9.17, 15) is 14.4 Å². The maximum absolute atomic E-state index is 14.4. The van der Waals surface area contributed by atoms with Gasteiger partial charge in [0.25, 0.3) is 0 Å². The van der Waals surface area contributed by atoms with E-state index in [1.54, 1.807) is 31.5 Å². The van der Waals surface area contributed by atoms with Crippen molar-refractivity contribution in [3.05, 3.63) is 131 Å². The van der Waals surface area contributed by atoms with Gasteiger partial charge in [-0.1, -0.05) is 97.1 Å². The molecule has 3 amide bonds. The number of thiophene rings is 1. The highest BCUT2D eigenvalue weighted by Gasteiger charge is 2.35. The molecule has 3 N–H and O–H groups in total. The molecule has 47 heavy (non-hydrogen) atoms. The van der Waals surface area contributed by atoms with Crippen LogP contribution >= 0.6 is 11.3 Å². The Bertz CT molecular complexity index is 1600. The fourth-order valence-electron chi connectivity index (χ4n) is 5.32. The van der Waals surface area contributed by atoms with Crippen LogP contribution in [0.5, 0.6) is 0 Å². The standard InChI is InChI=1S/C39H46N4O3S/c1-39(2,40)24-11-18-36(44)42(3)35(27-30-19-21-32(22-20-30)31-15-9-6-10-16-31)38(46)43(4)34(28-33-17-12-26-47-33)37(45)41-25-23-29-13-7-5-8-14-29/h5-22,26,34-35H,23-25,27-28,40H2,1-4H3,(H,41,45)/b18-11+. The lowest BCUT2D eigenvalue weighted by atomic mass is 9.98. The summed E-state index contributed by atoms with van der Waals surface area (Å²) in [7, 11) is 3.30. The number of nitrogens with zero attached hydrogens (tertiary/aromatic N) is 2. The molecule has 0 aliphatic carbocycles. The highest BCUT2D eigenvalue weighted by Crippen LogP contribution is 2.22. The third-order valence-corrected chi connectivity index (χ3v) is 9.04. The second kappa shape index (κ2) is 16.9. The number of hydrogen-bond donors (Lipinski definition) is 2. The van der Waals surface area contributed by atoms with Gasteiger partial charge in [-0.15, -0.1) is 11.3 Å². The molecule has 246 valence electrons. The molecule has 0 saturated carbocycles. The van der Waals surface area contributed by atoms with Gasteiger partial charge in [-0.25, -0.2) is 0 Å². The van der Waals surface area contributed by atoms with Crippen LogP contribution in [0.4, 0.5) is 0 Å². The smallest absolute Gasteiger partial charge is 0.246 e. The minimum atomic E-state index is -0.839. The van der Waals surface area contributed by atoms with E-state index >= 15 is 0 Å². The lowest BCUT2D eigenvalue weighted by molar-refractivity contribution is -0.146. The molecule has 0 radical (unpaired) electrons. The van der Waals surface area contributed by atoms with E-state index in [1.165, 1.54) is 15.9 Å². The van der Waals surface area contributed by atoms with Gasteiger partial charge in [0.2, 0.25) is 17.7 Å². The predicted octanol–water partition coefficient (Wildman–Crippen LogP) is 5.90. The first-order chi connectivity index (χ1) is 22.5. The minimum absolute atomic E-state index is 0.227. The SMILES string of the molecule is CN(C(=O)/C=C/CC(C)(C)N)C(Cc1ccc(-c2ccccc2)cc1)C(=O)N(C)C(Cc1cccs1)C(=O)NCCc1ccccc1. The van der Waals surface area contributed by atoms with Crippen molar-refractivity contribution in [3.8, 4) is 11.1 Å². The zero-order valence-electron chi connectivity index (χ0n) is 27.8. The molecule has 1 heterocycles. The fourth-order valence-corrected chi connectivity index (χ4v) is 6.06. The van der Waals surface area contributed by atoms with Crippen molar-refractivity contribution in [3.63, 3.8) is 0 Å². The van der Waals surface area contributed by atoms with Crippen LogP contribution in [-0.2, 0) is 33.6 Å². The van der Waals surface area contributed by atoms with Crippen LogP contribution in [0.15, 0.2) is 115 Å². The molecule has 0 aliphatic rings. The van der Waals surface area contributed by atoms with Gasteiger partial charge in [0.1, 0.15) is 12.1 Å². The maximum atomic E-state index is 14.4. The van der Waals surface area contributed by atoms with E-state index in [4.69, 9.17) is 5.73 Å². The van der Waals surface area contributed by atoms with Gasteiger partial charge in [0.15, 0.2) is 0 Å². The molecule has 8 heteroatoms. The van der Waals surface area contributed by atoms with Gasteiger partial charge < -0.3 is 20.9 Å². The van der Waals surface area contributed by atoms with Gasteiger partial charge >= 0.3 is 0 Å². The zero-order valence-corrected chi connectivity index (χ0v) is 28.6. The second-order valence-corrected chi connectivity index (χ2v) is 13.6. The van der Waals surface area contributed by atoms with Gasteiger partial charge in [-0.3, -0.25) is 14.4 Å². The number of hydrogen-bond acceptors (Lipinski definition) is 5. The van der Waals surface area contributed by atoms with Crippen LogP contribution < -0.4 is 11.1 Å². The van der Waals surface area contributed by atoms with Crippen LogP contribution in [0.3, 0.4) is 0 Å². The highest BCUT2D eigenvalue weighted by atomic mass is 32.1. The maximum Gasteiger partial charge on any atom is 0.246 e.